The maximum absolute atomic E-state index is 11.8. The fourth-order valence-electron chi connectivity index (χ4n) is 2.34. The van der Waals surface area contributed by atoms with Gasteiger partial charge in [-0.2, -0.15) is 0 Å². The van der Waals surface area contributed by atoms with Gasteiger partial charge in [0, 0.05) is 6.04 Å². The van der Waals surface area contributed by atoms with Crippen LogP contribution in [-0.2, 0) is 14.6 Å². The normalized spacial score (nSPS) is 20.2. The molecule has 1 amide bonds. The van der Waals surface area contributed by atoms with Crippen molar-refractivity contribution in [3.63, 3.8) is 0 Å². The van der Waals surface area contributed by atoms with E-state index in [2.05, 4.69) is 5.32 Å². The molecule has 0 aliphatic carbocycles. The topological polar surface area (TPSA) is 72.5 Å². The summed E-state index contributed by atoms with van der Waals surface area (Å²) in [4.78, 5) is 11.8. The average molecular weight is 311 g/mol. The molecule has 1 aliphatic heterocycles. The minimum absolute atomic E-state index is 0.0522. The number of carbonyl (C=O) groups is 1. The van der Waals surface area contributed by atoms with E-state index in [1.54, 1.807) is 0 Å². The zero-order valence-electron chi connectivity index (χ0n) is 12.4. The van der Waals surface area contributed by atoms with Crippen molar-refractivity contribution in [2.24, 2.45) is 0 Å². The number of sulfone groups is 1. The molecule has 1 unspecified atom stereocenters. The Hall–Kier alpha value is -1.56. The molecule has 0 aromatic heterocycles. The first-order chi connectivity index (χ1) is 9.87. The first-order valence-electron chi connectivity index (χ1n) is 7.06. The Kier molecular flexibility index (Phi) is 4.88. The second kappa shape index (κ2) is 6.47. The average Bonchev–Trinajstić information content (AvgIpc) is 2.74. The van der Waals surface area contributed by atoms with Crippen molar-refractivity contribution in [2.75, 3.05) is 18.1 Å². The minimum Gasteiger partial charge on any atom is -0.493 e. The summed E-state index contributed by atoms with van der Waals surface area (Å²) in [6.07, 6.45) is 0.732. The number of hydrogen-bond acceptors (Lipinski definition) is 4. The van der Waals surface area contributed by atoms with Crippen LogP contribution in [0.1, 0.15) is 24.0 Å². The number of carbonyl (C=O) groups excluding carboxylic acids is 1. The van der Waals surface area contributed by atoms with Crippen LogP contribution in [0.25, 0.3) is 0 Å². The summed E-state index contributed by atoms with van der Waals surface area (Å²) >= 11 is 0. The van der Waals surface area contributed by atoms with Gasteiger partial charge in [-0.25, -0.2) is 8.42 Å². The summed E-state index contributed by atoms with van der Waals surface area (Å²) < 4.78 is 28.2. The molecule has 1 heterocycles. The minimum atomic E-state index is -2.96. The lowest BCUT2D eigenvalue weighted by atomic mass is 10.1. The smallest absolute Gasteiger partial charge is 0.223 e. The van der Waals surface area contributed by atoms with Crippen LogP contribution >= 0.6 is 0 Å². The highest BCUT2D eigenvalue weighted by Crippen LogP contribution is 2.20. The first kappa shape index (κ1) is 15.8. The molecule has 1 aromatic rings. The molecule has 1 atom stereocenters. The van der Waals surface area contributed by atoms with Gasteiger partial charge in [0.05, 0.1) is 24.5 Å². The standard InChI is InChI=1S/C15H21NO4S/c1-11-4-3-5-14(12(11)2)20-8-6-15(17)16-13-7-9-21(18,19)10-13/h3-5,13H,6-10H2,1-2H3,(H,16,17). The van der Waals surface area contributed by atoms with E-state index in [0.717, 1.165) is 16.9 Å². The number of ether oxygens (including phenoxy) is 1. The molecule has 1 N–H and O–H groups in total. The molecular weight excluding hydrogens is 290 g/mol. The van der Waals surface area contributed by atoms with E-state index in [0.29, 0.717) is 6.42 Å². The van der Waals surface area contributed by atoms with E-state index >= 15 is 0 Å². The largest absolute Gasteiger partial charge is 0.493 e. The number of hydrogen-bond donors (Lipinski definition) is 1. The van der Waals surface area contributed by atoms with Gasteiger partial charge in [0.15, 0.2) is 9.84 Å². The fourth-order valence-corrected chi connectivity index (χ4v) is 4.02. The van der Waals surface area contributed by atoms with Crippen LogP contribution in [0.15, 0.2) is 18.2 Å². The van der Waals surface area contributed by atoms with Gasteiger partial charge in [0.25, 0.3) is 0 Å². The lowest BCUT2D eigenvalue weighted by Gasteiger charge is -2.13. The van der Waals surface area contributed by atoms with E-state index < -0.39 is 9.84 Å². The number of amides is 1. The highest BCUT2D eigenvalue weighted by Gasteiger charge is 2.28. The number of nitrogens with one attached hydrogen (secondary N) is 1. The van der Waals surface area contributed by atoms with Crippen LogP contribution in [0.4, 0.5) is 0 Å². The molecule has 1 aromatic carbocycles. The molecule has 1 aliphatic rings. The predicted molar refractivity (Wildman–Crippen MR) is 81.2 cm³/mol. The van der Waals surface area contributed by atoms with E-state index in [1.807, 2.05) is 32.0 Å². The Balaban J connectivity index is 1.76. The van der Waals surface area contributed by atoms with Gasteiger partial charge in [-0.1, -0.05) is 12.1 Å². The summed E-state index contributed by atoms with van der Waals surface area (Å²) in [7, 11) is -2.96. The Morgan fingerprint density at radius 3 is 2.81 bits per heavy atom. The monoisotopic (exact) mass is 311 g/mol. The van der Waals surface area contributed by atoms with Gasteiger partial charge in [0.2, 0.25) is 5.91 Å². The lowest BCUT2D eigenvalue weighted by molar-refractivity contribution is -0.122. The third-order valence-corrected chi connectivity index (χ3v) is 5.51. The van der Waals surface area contributed by atoms with Crippen LogP contribution in [0.3, 0.4) is 0 Å². The summed E-state index contributed by atoms with van der Waals surface area (Å²) in [6.45, 7) is 4.28. The predicted octanol–water partition coefficient (Wildman–Crippen LogP) is 1.38. The Morgan fingerprint density at radius 2 is 2.14 bits per heavy atom. The Morgan fingerprint density at radius 1 is 1.38 bits per heavy atom. The maximum Gasteiger partial charge on any atom is 0.223 e. The molecular formula is C15H21NO4S. The molecule has 116 valence electrons. The zero-order valence-corrected chi connectivity index (χ0v) is 13.2. The van der Waals surface area contributed by atoms with Gasteiger partial charge in [-0.3, -0.25) is 4.79 Å². The van der Waals surface area contributed by atoms with Crippen molar-refractivity contribution in [3.05, 3.63) is 29.3 Å². The molecule has 2 rings (SSSR count). The number of rotatable bonds is 5. The Labute approximate surface area is 125 Å². The third-order valence-electron chi connectivity index (χ3n) is 3.74. The van der Waals surface area contributed by atoms with Gasteiger partial charge >= 0.3 is 0 Å². The molecule has 0 radical (unpaired) electrons. The van der Waals surface area contributed by atoms with Crippen LogP contribution in [0, 0.1) is 13.8 Å². The summed E-state index contributed by atoms with van der Waals surface area (Å²) in [5, 5.41) is 2.75. The highest BCUT2D eigenvalue weighted by molar-refractivity contribution is 7.91. The maximum atomic E-state index is 11.8. The van der Waals surface area contributed by atoms with Crippen molar-refractivity contribution in [1.29, 1.82) is 0 Å². The molecule has 1 saturated heterocycles. The number of aryl methyl sites for hydroxylation is 1. The highest BCUT2D eigenvalue weighted by atomic mass is 32.2. The Bertz CT molecular complexity index is 625. The van der Waals surface area contributed by atoms with Crippen LogP contribution in [0.2, 0.25) is 0 Å². The zero-order chi connectivity index (χ0) is 15.5. The van der Waals surface area contributed by atoms with Gasteiger partial charge < -0.3 is 10.1 Å². The van der Waals surface area contributed by atoms with Gasteiger partial charge in [-0.05, 0) is 37.5 Å². The van der Waals surface area contributed by atoms with Crippen molar-refractivity contribution in [2.45, 2.75) is 32.7 Å². The van der Waals surface area contributed by atoms with Crippen LogP contribution in [0.5, 0.6) is 5.75 Å². The van der Waals surface area contributed by atoms with Crippen molar-refractivity contribution < 1.29 is 17.9 Å². The molecule has 6 heteroatoms. The van der Waals surface area contributed by atoms with E-state index in [9.17, 15) is 13.2 Å². The molecule has 0 bridgehead atoms. The quantitative estimate of drug-likeness (QED) is 0.891. The van der Waals surface area contributed by atoms with E-state index in [4.69, 9.17) is 4.74 Å². The third kappa shape index (κ3) is 4.46. The van der Waals surface area contributed by atoms with Crippen LogP contribution in [-0.4, -0.2) is 38.5 Å². The summed E-state index contributed by atoms with van der Waals surface area (Å²) in [6, 6.07) is 5.56. The van der Waals surface area contributed by atoms with Gasteiger partial charge in [0.1, 0.15) is 5.75 Å². The summed E-state index contributed by atoms with van der Waals surface area (Å²) in [5.74, 6) is 0.835. The fraction of sp³-hybridized carbons (Fsp3) is 0.533. The van der Waals surface area contributed by atoms with Crippen molar-refractivity contribution >= 4 is 15.7 Å². The second-order valence-corrected chi connectivity index (χ2v) is 7.69. The van der Waals surface area contributed by atoms with Crippen molar-refractivity contribution in [3.8, 4) is 5.75 Å². The second-order valence-electron chi connectivity index (χ2n) is 5.46. The molecule has 21 heavy (non-hydrogen) atoms. The molecule has 1 fully saturated rings. The van der Waals surface area contributed by atoms with E-state index in [-0.39, 0.29) is 36.5 Å². The summed E-state index contributed by atoms with van der Waals surface area (Å²) in [5.41, 5.74) is 2.22. The van der Waals surface area contributed by atoms with E-state index in [1.165, 1.54) is 0 Å². The van der Waals surface area contributed by atoms with Gasteiger partial charge in [-0.15, -0.1) is 0 Å². The van der Waals surface area contributed by atoms with Crippen molar-refractivity contribution in [1.82, 2.24) is 5.32 Å². The first-order valence-corrected chi connectivity index (χ1v) is 8.88. The number of benzene rings is 1. The van der Waals surface area contributed by atoms with Crippen LogP contribution < -0.4 is 10.1 Å². The molecule has 0 spiro atoms. The molecule has 5 nitrogen and oxygen atoms in total. The lowest BCUT2D eigenvalue weighted by Crippen LogP contribution is -2.36. The molecule has 0 saturated carbocycles. The SMILES string of the molecule is Cc1cccc(OCCC(=O)NC2CCS(=O)(=O)C2)c1C.